The highest BCUT2D eigenvalue weighted by molar-refractivity contribution is 9.10. The molecule has 0 heterocycles. The number of amides is 1. The topological polar surface area (TPSA) is 49.8 Å². The smallest absolute Gasteiger partial charge is 0.260 e. The van der Waals surface area contributed by atoms with Gasteiger partial charge in [0.15, 0.2) is 6.61 Å². The number of rotatable bonds is 6. The lowest BCUT2D eigenvalue weighted by molar-refractivity contribution is -0.134. The van der Waals surface area contributed by atoms with Crippen LogP contribution in [0.25, 0.3) is 0 Å². The van der Waals surface area contributed by atoms with E-state index in [9.17, 15) is 4.79 Å². The molecule has 0 spiro atoms. The van der Waals surface area contributed by atoms with Gasteiger partial charge in [0.1, 0.15) is 5.75 Å². The molecule has 1 fully saturated rings. The zero-order valence-corrected chi connectivity index (χ0v) is 11.6. The highest BCUT2D eigenvalue weighted by atomic mass is 79.9. The Hall–Kier alpha value is -1.07. The van der Waals surface area contributed by atoms with E-state index in [1.54, 1.807) is 4.90 Å². The van der Waals surface area contributed by atoms with Crippen LogP contribution in [-0.2, 0) is 4.79 Å². The fourth-order valence-electron chi connectivity index (χ4n) is 1.76. The molecule has 1 amide bonds. The summed E-state index contributed by atoms with van der Waals surface area (Å²) in [6.45, 7) is 0.422. The van der Waals surface area contributed by atoms with Gasteiger partial charge in [0.25, 0.3) is 5.91 Å². The number of carbonyl (C=O) groups is 1. The lowest BCUT2D eigenvalue weighted by Gasteiger charge is -2.21. The summed E-state index contributed by atoms with van der Waals surface area (Å²) in [6, 6.07) is 7.66. The molecule has 1 saturated carbocycles. The molecule has 0 bridgehead atoms. The van der Waals surface area contributed by atoms with Gasteiger partial charge in [-0.25, -0.2) is 0 Å². The van der Waals surface area contributed by atoms with Gasteiger partial charge in [0.05, 0.1) is 6.61 Å². The first-order chi connectivity index (χ1) is 8.70. The van der Waals surface area contributed by atoms with Gasteiger partial charge in [0.2, 0.25) is 0 Å². The van der Waals surface area contributed by atoms with Crippen molar-refractivity contribution in [1.29, 1.82) is 0 Å². The Bertz CT molecular complexity index is 403. The van der Waals surface area contributed by atoms with Crippen molar-refractivity contribution in [2.45, 2.75) is 18.9 Å². The van der Waals surface area contributed by atoms with Crippen molar-refractivity contribution >= 4 is 21.8 Å². The number of halogens is 1. The van der Waals surface area contributed by atoms with E-state index in [2.05, 4.69) is 15.9 Å². The predicted octanol–water partition coefficient (Wildman–Crippen LogP) is 1.81. The molecule has 1 N–H and O–H groups in total. The van der Waals surface area contributed by atoms with Gasteiger partial charge in [-0.05, 0) is 37.1 Å². The molecule has 0 saturated heterocycles. The first-order valence-electron chi connectivity index (χ1n) is 5.99. The maximum Gasteiger partial charge on any atom is 0.260 e. The summed E-state index contributed by atoms with van der Waals surface area (Å²) < 4.78 is 6.41. The molecular formula is C13H16BrNO3. The SMILES string of the molecule is O=C(COc1ccc(Br)cc1)N(CCO)C1CC1. The zero-order valence-electron chi connectivity index (χ0n) is 10.0. The molecule has 18 heavy (non-hydrogen) atoms. The van der Waals surface area contributed by atoms with Crippen LogP contribution in [0.4, 0.5) is 0 Å². The number of nitrogens with zero attached hydrogens (tertiary/aromatic N) is 1. The molecular weight excluding hydrogens is 298 g/mol. The highest BCUT2D eigenvalue weighted by Gasteiger charge is 2.32. The van der Waals surface area contributed by atoms with E-state index in [-0.39, 0.29) is 19.1 Å². The van der Waals surface area contributed by atoms with Crippen molar-refractivity contribution < 1.29 is 14.6 Å². The van der Waals surface area contributed by atoms with Crippen molar-refractivity contribution in [3.05, 3.63) is 28.7 Å². The Labute approximate surface area is 115 Å². The van der Waals surface area contributed by atoms with Crippen LogP contribution in [0.15, 0.2) is 28.7 Å². The summed E-state index contributed by atoms with van der Waals surface area (Å²) in [4.78, 5) is 13.6. The van der Waals surface area contributed by atoms with Gasteiger partial charge in [-0.3, -0.25) is 4.79 Å². The quantitative estimate of drug-likeness (QED) is 0.871. The summed E-state index contributed by atoms with van der Waals surface area (Å²) in [6.07, 6.45) is 2.06. The Morgan fingerprint density at radius 2 is 2.06 bits per heavy atom. The van der Waals surface area contributed by atoms with Gasteiger partial charge in [-0.2, -0.15) is 0 Å². The van der Waals surface area contributed by atoms with Gasteiger partial charge in [-0.1, -0.05) is 15.9 Å². The maximum atomic E-state index is 11.9. The molecule has 0 radical (unpaired) electrons. The van der Waals surface area contributed by atoms with E-state index in [0.717, 1.165) is 17.3 Å². The monoisotopic (exact) mass is 313 g/mol. The average molecular weight is 314 g/mol. The summed E-state index contributed by atoms with van der Waals surface area (Å²) in [5.41, 5.74) is 0. The van der Waals surface area contributed by atoms with Crippen LogP contribution in [0.2, 0.25) is 0 Å². The number of benzene rings is 1. The summed E-state index contributed by atoms with van der Waals surface area (Å²) in [5.74, 6) is 0.612. The Balaban J connectivity index is 1.84. The van der Waals surface area contributed by atoms with Crippen molar-refractivity contribution in [1.82, 2.24) is 4.90 Å². The van der Waals surface area contributed by atoms with Crippen LogP contribution in [0.1, 0.15) is 12.8 Å². The predicted molar refractivity (Wildman–Crippen MR) is 71.5 cm³/mol. The van der Waals surface area contributed by atoms with Gasteiger partial charge < -0.3 is 14.7 Å². The Kier molecular flexibility index (Phi) is 4.60. The van der Waals surface area contributed by atoms with Crippen molar-refractivity contribution in [2.24, 2.45) is 0 Å². The molecule has 0 aromatic heterocycles. The highest BCUT2D eigenvalue weighted by Crippen LogP contribution is 2.26. The minimum atomic E-state index is -0.0607. The summed E-state index contributed by atoms with van der Waals surface area (Å²) >= 11 is 3.34. The van der Waals surface area contributed by atoms with E-state index in [4.69, 9.17) is 9.84 Å². The molecule has 0 unspecified atom stereocenters. The van der Waals surface area contributed by atoms with Crippen molar-refractivity contribution in [3.8, 4) is 5.75 Å². The van der Waals surface area contributed by atoms with Crippen LogP contribution in [-0.4, -0.2) is 41.7 Å². The Morgan fingerprint density at radius 3 is 2.61 bits per heavy atom. The van der Waals surface area contributed by atoms with E-state index < -0.39 is 0 Å². The standard InChI is InChI=1S/C13H16BrNO3/c14-10-1-5-12(6-2-10)18-9-13(17)15(7-8-16)11-3-4-11/h1-2,5-6,11,16H,3-4,7-9H2. The average Bonchev–Trinajstić information content (AvgIpc) is 3.19. The van der Waals surface area contributed by atoms with Crippen LogP contribution >= 0.6 is 15.9 Å². The van der Waals surface area contributed by atoms with E-state index in [1.807, 2.05) is 24.3 Å². The third-order valence-electron chi connectivity index (χ3n) is 2.82. The first-order valence-corrected chi connectivity index (χ1v) is 6.78. The maximum absolute atomic E-state index is 11.9. The first kappa shape index (κ1) is 13.4. The molecule has 1 aliphatic carbocycles. The van der Waals surface area contributed by atoms with E-state index in [1.165, 1.54) is 0 Å². The van der Waals surface area contributed by atoms with Crippen LogP contribution in [0.3, 0.4) is 0 Å². The molecule has 98 valence electrons. The third-order valence-corrected chi connectivity index (χ3v) is 3.35. The second-order valence-corrected chi connectivity index (χ2v) is 5.20. The summed E-state index contributed by atoms with van der Waals surface area (Å²) in [5, 5.41) is 8.94. The number of carbonyl (C=O) groups excluding carboxylic acids is 1. The molecule has 0 atom stereocenters. The molecule has 1 aromatic rings. The Morgan fingerprint density at radius 1 is 1.39 bits per heavy atom. The number of ether oxygens (including phenoxy) is 1. The minimum Gasteiger partial charge on any atom is -0.484 e. The number of aliphatic hydroxyl groups excluding tert-OH is 1. The van der Waals surface area contributed by atoms with Crippen LogP contribution in [0.5, 0.6) is 5.75 Å². The second kappa shape index (κ2) is 6.20. The van der Waals surface area contributed by atoms with Gasteiger partial charge >= 0.3 is 0 Å². The molecule has 2 rings (SSSR count). The van der Waals surface area contributed by atoms with Gasteiger partial charge in [0, 0.05) is 17.1 Å². The third kappa shape index (κ3) is 3.71. The van der Waals surface area contributed by atoms with Crippen molar-refractivity contribution in [2.75, 3.05) is 19.8 Å². The normalized spacial score (nSPS) is 14.3. The van der Waals surface area contributed by atoms with Gasteiger partial charge in [-0.15, -0.1) is 0 Å². The van der Waals surface area contributed by atoms with Crippen LogP contribution < -0.4 is 4.74 Å². The lowest BCUT2D eigenvalue weighted by atomic mass is 10.3. The molecule has 5 heteroatoms. The second-order valence-electron chi connectivity index (χ2n) is 4.28. The summed E-state index contributed by atoms with van der Waals surface area (Å²) in [7, 11) is 0. The van der Waals surface area contributed by atoms with Crippen molar-refractivity contribution in [3.63, 3.8) is 0 Å². The molecule has 4 nitrogen and oxygen atoms in total. The minimum absolute atomic E-state index is 0.000520. The van der Waals surface area contributed by atoms with E-state index >= 15 is 0 Å². The molecule has 1 aliphatic rings. The fraction of sp³-hybridized carbons (Fsp3) is 0.462. The molecule has 1 aromatic carbocycles. The molecule has 0 aliphatic heterocycles. The number of aliphatic hydroxyl groups is 1. The largest absolute Gasteiger partial charge is 0.484 e. The van der Waals surface area contributed by atoms with E-state index in [0.29, 0.717) is 18.3 Å². The fourth-order valence-corrected chi connectivity index (χ4v) is 2.03. The lowest BCUT2D eigenvalue weighted by Crippen LogP contribution is -2.38. The number of hydrogen-bond donors (Lipinski definition) is 1. The number of hydrogen-bond acceptors (Lipinski definition) is 3. The van der Waals surface area contributed by atoms with Crippen LogP contribution in [0, 0.1) is 0 Å². The zero-order chi connectivity index (χ0) is 13.0.